The summed E-state index contributed by atoms with van der Waals surface area (Å²) in [5.74, 6) is -1.47. The highest BCUT2D eigenvalue weighted by atomic mass is 32.2. The second-order valence-electron chi connectivity index (χ2n) is 4.32. The van der Waals surface area contributed by atoms with Crippen LogP contribution in [0.5, 0.6) is 0 Å². The molecule has 1 heterocycles. The number of carboxylic acid groups (broad SMARTS) is 1. The van der Waals surface area contributed by atoms with Gasteiger partial charge in [0.2, 0.25) is 10.0 Å². The van der Waals surface area contributed by atoms with Gasteiger partial charge in [0.05, 0.1) is 10.8 Å². The maximum atomic E-state index is 11.1. The molecule has 0 bridgehead atoms. The zero-order chi connectivity index (χ0) is 13.3. The standard InChI is InChI=1S/C11H14N2O4S/c12-18(16,17)8-3-1-7(2-4-8)9-5-13-6-10(9)11(14)15/h1-4,9-10,13H,5-6H2,(H,14,15)(H2,12,16,17). The molecule has 1 aliphatic heterocycles. The third-order valence-corrected chi connectivity index (χ3v) is 4.10. The van der Waals surface area contributed by atoms with Crippen LogP contribution in [-0.4, -0.2) is 32.6 Å². The number of nitrogens with two attached hydrogens (primary N) is 1. The van der Waals surface area contributed by atoms with Gasteiger partial charge in [-0.3, -0.25) is 4.79 Å². The van der Waals surface area contributed by atoms with Crippen LogP contribution in [0.1, 0.15) is 11.5 Å². The Morgan fingerprint density at radius 2 is 1.89 bits per heavy atom. The molecule has 6 nitrogen and oxygen atoms in total. The van der Waals surface area contributed by atoms with Crippen molar-refractivity contribution in [2.24, 2.45) is 11.1 Å². The van der Waals surface area contributed by atoms with Crippen molar-refractivity contribution in [3.8, 4) is 0 Å². The number of carboxylic acids is 1. The van der Waals surface area contributed by atoms with Crippen molar-refractivity contribution in [3.05, 3.63) is 29.8 Å². The fourth-order valence-electron chi connectivity index (χ4n) is 2.19. The van der Waals surface area contributed by atoms with Gasteiger partial charge in [0.1, 0.15) is 0 Å². The van der Waals surface area contributed by atoms with Crippen molar-refractivity contribution in [3.63, 3.8) is 0 Å². The first-order valence-corrected chi connectivity index (χ1v) is 7.00. The van der Waals surface area contributed by atoms with E-state index in [4.69, 9.17) is 10.2 Å². The molecule has 1 fully saturated rings. The summed E-state index contributed by atoms with van der Waals surface area (Å²) in [4.78, 5) is 11.1. The van der Waals surface area contributed by atoms with E-state index >= 15 is 0 Å². The first kappa shape index (κ1) is 13.0. The van der Waals surface area contributed by atoms with Crippen LogP contribution < -0.4 is 10.5 Å². The van der Waals surface area contributed by atoms with Crippen LogP contribution in [0.2, 0.25) is 0 Å². The Hall–Kier alpha value is -1.44. The Morgan fingerprint density at radius 1 is 1.28 bits per heavy atom. The molecule has 7 heteroatoms. The molecule has 1 aromatic rings. The van der Waals surface area contributed by atoms with E-state index in [9.17, 15) is 13.2 Å². The lowest BCUT2D eigenvalue weighted by molar-refractivity contribution is -0.141. The minimum atomic E-state index is -3.70. The molecule has 1 saturated heterocycles. The van der Waals surface area contributed by atoms with Gasteiger partial charge in [0.25, 0.3) is 0 Å². The Kier molecular flexibility index (Phi) is 3.38. The van der Waals surface area contributed by atoms with E-state index in [2.05, 4.69) is 5.32 Å². The third kappa shape index (κ3) is 2.53. The fourth-order valence-corrected chi connectivity index (χ4v) is 2.71. The van der Waals surface area contributed by atoms with Crippen molar-refractivity contribution in [2.45, 2.75) is 10.8 Å². The quantitative estimate of drug-likeness (QED) is 0.700. The van der Waals surface area contributed by atoms with E-state index in [1.807, 2.05) is 0 Å². The van der Waals surface area contributed by atoms with Gasteiger partial charge >= 0.3 is 5.97 Å². The molecule has 0 aromatic heterocycles. The van der Waals surface area contributed by atoms with Crippen LogP contribution >= 0.6 is 0 Å². The topological polar surface area (TPSA) is 109 Å². The molecule has 0 saturated carbocycles. The lowest BCUT2D eigenvalue weighted by atomic mass is 9.89. The van der Waals surface area contributed by atoms with E-state index in [1.165, 1.54) is 12.1 Å². The van der Waals surface area contributed by atoms with Gasteiger partial charge in [-0.25, -0.2) is 13.6 Å². The number of benzene rings is 1. The van der Waals surface area contributed by atoms with Crippen LogP contribution in [0.4, 0.5) is 0 Å². The van der Waals surface area contributed by atoms with Crippen molar-refractivity contribution in [1.29, 1.82) is 0 Å². The molecule has 0 aliphatic carbocycles. The Morgan fingerprint density at radius 3 is 2.39 bits per heavy atom. The molecular formula is C11H14N2O4S. The van der Waals surface area contributed by atoms with Crippen LogP contribution in [0.25, 0.3) is 0 Å². The summed E-state index contributed by atoms with van der Waals surface area (Å²) >= 11 is 0. The summed E-state index contributed by atoms with van der Waals surface area (Å²) < 4.78 is 22.2. The molecule has 2 rings (SSSR count). The highest BCUT2D eigenvalue weighted by molar-refractivity contribution is 7.89. The minimum absolute atomic E-state index is 0.0316. The molecule has 2 atom stereocenters. The average molecular weight is 270 g/mol. The lowest BCUT2D eigenvalue weighted by Crippen LogP contribution is -2.21. The minimum Gasteiger partial charge on any atom is -0.481 e. The maximum absolute atomic E-state index is 11.1. The molecule has 98 valence electrons. The second kappa shape index (κ2) is 4.68. The first-order chi connectivity index (χ1) is 8.39. The zero-order valence-corrected chi connectivity index (χ0v) is 10.4. The van der Waals surface area contributed by atoms with Gasteiger partial charge in [0, 0.05) is 19.0 Å². The smallest absolute Gasteiger partial charge is 0.308 e. The predicted octanol–water partition coefficient (Wildman–Crippen LogP) is -0.278. The Bertz CT molecular complexity index is 553. The zero-order valence-electron chi connectivity index (χ0n) is 9.54. The molecule has 0 amide bonds. The monoisotopic (exact) mass is 270 g/mol. The van der Waals surface area contributed by atoms with Crippen LogP contribution in [-0.2, 0) is 14.8 Å². The summed E-state index contributed by atoms with van der Waals surface area (Å²) in [6, 6.07) is 6.05. The number of rotatable bonds is 3. The van der Waals surface area contributed by atoms with E-state index in [1.54, 1.807) is 12.1 Å². The molecule has 1 aliphatic rings. The molecule has 2 unspecified atom stereocenters. The molecule has 0 spiro atoms. The summed E-state index contributed by atoms with van der Waals surface area (Å²) in [7, 11) is -3.70. The molecule has 1 aromatic carbocycles. The first-order valence-electron chi connectivity index (χ1n) is 5.46. The summed E-state index contributed by atoms with van der Waals surface area (Å²) in [6.07, 6.45) is 0. The van der Waals surface area contributed by atoms with Crippen molar-refractivity contribution >= 4 is 16.0 Å². The molecule has 18 heavy (non-hydrogen) atoms. The normalized spacial score (nSPS) is 24.1. The maximum Gasteiger partial charge on any atom is 0.308 e. The summed E-state index contributed by atoms with van der Waals surface area (Å²) in [5, 5.41) is 17.1. The van der Waals surface area contributed by atoms with E-state index in [0.717, 1.165) is 5.56 Å². The highest BCUT2D eigenvalue weighted by Crippen LogP contribution is 2.28. The Balaban J connectivity index is 2.27. The Labute approximate surface area is 105 Å². The van der Waals surface area contributed by atoms with Crippen molar-refractivity contribution in [2.75, 3.05) is 13.1 Å². The third-order valence-electron chi connectivity index (χ3n) is 3.17. The largest absolute Gasteiger partial charge is 0.481 e. The molecule has 4 N–H and O–H groups in total. The van der Waals surface area contributed by atoms with Gasteiger partial charge in [-0.15, -0.1) is 0 Å². The van der Waals surface area contributed by atoms with Gasteiger partial charge in [-0.2, -0.15) is 0 Å². The molecule has 0 radical (unpaired) electrons. The summed E-state index contributed by atoms with van der Waals surface area (Å²) in [6.45, 7) is 1.00. The predicted molar refractivity (Wildman–Crippen MR) is 64.6 cm³/mol. The van der Waals surface area contributed by atoms with Crippen LogP contribution in [0.3, 0.4) is 0 Å². The fraction of sp³-hybridized carbons (Fsp3) is 0.364. The SMILES string of the molecule is NS(=O)(=O)c1ccc(C2CNCC2C(=O)O)cc1. The van der Waals surface area contributed by atoms with Crippen molar-refractivity contribution < 1.29 is 18.3 Å². The number of hydrogen-bond acceptors (Lipinski definition) is 4. The van der Waals surface area contributed by atoms with E-state index in [-0.39, 0.29) is 10.8 Å². The average Bonchev–Trinajstić information content (AvgIpc) is 2.77. The second-order valence-corrected chi connectivity index (χ2v) is 5.88. The van der Waals surface area contributed by atoms with E-state index < -0.39 is 21.9 Å². The number of aliphatic carboxylic acids is 1. The number of hydrogen-bond donors (Lipinski definition) is 3. The lowest BCUT2D eigenvalue weighted by Gasteiger charge is -2.15. The number of sulfonamides is 1. The number of nitrogens with one attached hydrogen (secondary N) is 1. The van der Waals surface area contributed by atoms with Gasteiger partial charge in [-0.05, 0) is 17.7 Å². The number of carbonyl (C=O) groups is 1. The van der Waals surface area contributed by atoms with Gasteiger partial charge < -0.3 is 10.4 Å². The highest BCUT2D eigenvalue weighted by Gasteiger charge is 2.33. The van der Waals surface area contributed by atoms with E-state index in [0.29, 0.717) is 13.1 Å². The van der Waals surface area contributed by atoms with Crippen LogP contribution in [0.15, 0.2) is 29.2 Å². The van der Waals surface area contributed by atoms with Gasteiger partial charge in [0.15, 0.2) is 0 Å². The number of primary sulfonamides is 1. The van der Waals surface area contributed by atoms with Crippen molar-refractivity contribution in [1.82, 2.24) is 5.32 Å². The van der Waals surface area contributed by atoms with Gasteiger partial charge in [-0.1, -0.05) is 12.1 Å². The van der Waals surface area contributed by atoms with Crippen LogP contribution in [0, 0.1) is 5.92 Å². The summed E-state index contributed by atoms with van der Waals surface area (Å²) in [5.41, 5.74) is 0.805. The molecular weight excluding hydrogens is 256 g/mol.